The van der Waals surface area contributed by atoms with Crippen LogP contribution >= 0.6 is 11.8 Å². The second-order valence-corrected chi connectivity index (χ2v) is 5.65. The van der Waals surface area contributed by atoms with Crippen molar-refractivity contribution in [2.24, 2.45) is 0 Å². The maximum Gasteiger partial charge on any atom is 0.0455 e. The molecule has 0 amide bonds. The molecule has 0 heterocycles. The predicted octanol–water partition coefficient (Wildman–Crippen LogP) is 5.09. The van der Waals surface area contributed by atoms with Gasteiger partial charge in [0.15, 0.2) is 0 Å². The molecule has 0 saturated heterocycles. The number of rotatable bonds is 3. The standard InChI is InChI=1S/C18H15NS/c19-17-8-4-5-9-18(17)20-16-12-10-15(11-13-16)14-6-2-1-3-7-14/h1-13H,19H2. The van der Waals surface area contributed by atoms with Crippen LogP contribution in [0.3, 0.4) is 0 Å². The summed E-state index contributed by atoms with van der Waals surface area (Å²) in [6.45, 7) is 0. The summed E-state index contributed by atoms with van der Waals surface area (Å²) in [6, 6.07) is 26.9. The molecule has 0 aliphatic heterocycles. The average Bonchev–Trinajstić information content (AvgIpc) is 2.51. The Morgan fingerprint density at radius 2 is 1.20 bits per heavy atom. The number of anilines is 1. The molecule has 0 aliphatic carbocycles. The number of para-hydroxylation sites is 1. The minimum Gasteiger partial charge on any atom is -0.398 e. The molecule has 3 aromatic rings. The van der Waals surface area contributed by atoms with E-state index in [-0.39, 0.29) is 0 Å². The number of nitrogens with two attached hydrogens (primary N) is 1. The van der Waals surface area contributed by atoms with E-state index in [0.717, 1.165) is 10.6 Å². The molecule has 0 saturated carbocycles. The minimum atomic E-state index is 0.824. The van der Waals surface area contributed by atoms with Crippen molar-refractivity contribution in [2.45, 2.75) is 9.79 Å². The third kappa shape index (κ3) is 2.86. The van der Waals surface area contributed by atoms with Gasteiger partial charge >= 0.3 is 0 Å². The van der Waals surface area contributed by atoms with Gasteiger partial charge in [-0.2, -0.15) is 0 Å². The first-order chi connectivity index (χ1) is 9.83. The van der Waals surface area contributed by atoms with E-state index in [2.05, 4.69) is 48.5 Å². The van der Waals surface area contributed by atoms with Gasteiger partial charge in [0.1, 0.15) is 0 Å². The lowest BCUT2D eigenvalue weighted by Crippen LogP contribution is -1.86. The summed E-state index contributed by atoms with van der Waals surface area (Å²) < 4.78 is 0. The van der Waals surface area contributed by atoms with Gasteiger partial charge in [-0.05, 0) is 35.4 Å². The average molecular weight is 277 g/mol. The van der Waals surface area contributed by atoms with Crippen molar-refractivity contribution in [1.82, 2.24) is 0 Å². The highest BCUT2D eigenvalue weighted by atomic mass is 32.2. The predicted molar refractivity (Wildman–Crippen MR) is 86.9 cm³/mol. The molecule has 20 heavy (non-hydrogen) atoms. The molecule has 3 rings (SSSR count). The number of benzene rings is 3. The van der Waals surface area contributed by atoms with Crippen LogP contribution in [0.15, 0.2) is 88.7 Å². The van der Waals surface area contributed by atoms with Gasteiger partial charge in [0, 0.05) is 15.5 Å². The molecule has 0 fully saturated rings. The van der Waals surface area contributed by atoms with Crippen LogP contribution in [0.4, 0.5) is 5.69 Å². The Hall–Kier alpha value is -2.19. The summed E-state index contributed by atoms with van der Waals surface area (Å²) in [5, 5.41) is 0. The second kappa shape index (κ2) is 5.85. The molecular weight excluding hydrogens is 262 g/mol. The summed E-state index contributed by atoms with van der Waals surface area (Å²) in [7, 11) is 0. The zero-order valence-electron chi connectivity index (χ0n) is 11.0. The molecule has 0 radical (unpaired) electrons. The normalized spacial score (nSPS) is 10.4. The van der Waals surface area contributed by atoms with Gasteiger partial charge in [-0.1, -0.05) is 66.4 Å². The zero-order chi connectivity index (χ0) is 13.8. The molecular formula is C18H15NS. The smallest absolute Gasteiger partial charge is 0.0455 e. The second-order valence-electron chi connectivity index (χ2n) is 4.53. The maximum absolute atomic E-state index is 5.97. The summed E-state index contributed by atoms with van der Waals surface area (Å²) in [4.78, 5) is 2.29. The van der Waals surface area contributed by atoms with E-state index < -0.39 is 0 Å². The van der Waals surface area contributed by atoms with Crippen LogP contribution in [0.1, 0.15) is 0 Å². The highest BCUT2D eigenvalue weighted by Gasteiger charge is 2.02. The van der Waals surface area contributed by atoms with Gasteiger partial charge in [0.25, 0.3) is 0 Å². The quantitative estimate of drug-likeness (QED) is 0.675. The number of nitrogen functional groups attached to an aromatic ring is 1. The summed E-state index contributed by atoms with van der Waals surface area (Å²) in [5.41, 5.74) is 9.26. The Kier molecular flexibility index (Phi) is 3.75. The molecule has 0 atom stereocenters. The van der Waals surface area contributed by atoms with E-state index in [1.807, 2.05) is 30.3 Å². The Balaban J connectivity index is 1.82. The lowest BCUT2D eigenvalue weighted by molar-refractivity contribution is 1.41. The first-order valence-corrected chi connectivity index (χ1v) is 7.32. The van der Waals surface area contributed by atoms with Crippen molar-refractivity contribution in [3.05, 3.63) is 78.9 Å². The summed E-state index contributed by atoms with van der Waals surface area (Å²) in [6.07, 6.45) is 0. The maximum atomic E-state index is 5.97. The fourth-order valence-electron chi connectivity index (χ4n) is 2.05. The van der Waals surface area contributed by atoms with E-state index >= 15 is 0 Å². The van der Waals surface area contributed by atoms with Gasteiger partial charge in [-0.15, -0.1) is 0 Å². The van der Waals surface area contributed by atoms with E-state index in [1.54, 1.807) is 11.8 Å². The molecule has 0 spiro atoms. The van der Waals surface area contributed by atoms with Crippen molar-refractivity contribution >= 4 is 17.4 Å². The van der Waals surface area contributed by atoms with Crippen LogP contribution in [0.25, 0.3) is 11.1 Å². The van der Waals surface area contributed by atoms with E-state index in [0.29, 0.717) is 0 Å². The summed E-state index contributed by atoms with van der Waals surface area (Å²) >= 11 is 1.69. The summed E-state index contributed by atoms with van der Waals surface area (Å²) in [5.74, 6) is 0. The first kappa shape index (κ1) is 12.8. The number of hydrogen-bond acceptors (Lipinski definition) is 2. The highest BCUT2D eigenvalue weighted by Crippen LogP contribution is 2.32. The molecule has 2 N–H and O–H groups in total. The van der Waals surface area contributed by atoms with E-state index in [9.17, 15) is 0 Å². The fraction of sp³-hybridized carbons (Fsp3) is 0. The van der Waals surface area contributed by atoms with Crippen LogP contribution in [0.2, 0.25) is 0 Å². The largest absolute Gasteiger partial charge is 0.398 e. The van der Waals surface area contributed by atoms with Crippen LogP contribution in [0, 0.1) is 0 Å². The van der Waals surface area contributed by atoms with E-state index in [1.165, 1.54) is 16.0 Å². The first-order valence-electron chi connectivity index (χ1n) is 6.51. The van der Waals surface area contributed by atoms with Crippen molar-refractivity contribution in [1.29, 1.82) is 0 Å². The monoisotopic (exact) mass is 277 g/mol. The molecule has 0 unspecified atom stereocenters. The lowest BCUT2D eigenvalue weighted by atomic mass is 10.1. The van der Waals surface area contributed by atoms with Gasteiger partial charge in [0.2, 0.25) is 0 Å². The SMILES string of the molecule is Nc1ccccc1Sc1ccc(-c2ccccc2)cc1. The Bertz CT molecular complexity index is 690. The van der Waals surface area contributed by atoms with Crippen molar-refractivity contribution in [3.8, 4) is 11.1 Å². The molecule has 3 aromatic carbocycles. The van der Waals surface area contributed by atoms with Gasteiger partial charge < -0.3 is 5.73 Å². The molecule has 0 aliphatic rings. The highest BCUT2D eigenvalue weighted by molar-refractivity contribution is 7.99. The molecule has 2 heteroatoms. The fourth-order valence-corrected chi connectivity index (χ4v) is 2.91. The Labute approximate surface area is 123 Å². The molecule has 98 valence electrons. The zero-order valence-corrected chi connectivity index (χ0v) is 11.8. The Morgan fingerprint density at radius 1 is 0.600 bits per heavy atom. The number of hydrogen-bond donors (Lipinski definition) is 1. The van der Waals surface area contributed by atoms with Crippen LogP contribution in [-0.2, 0) is 0 Å². The molecule has 0 aromatic heterocycles. The Morgan fingerprint density at radius 3 is 1.90 bits per heavy atom. The van der Waals surface area contributed by atoms with Crippen LogP contribution < -0.4 is 5.73 Å². The topological polar surface area (TPSA) is 26.0 Å². The third-order valence-electron chi connectivity index (χ3n) is 3.11. The van der Waals surface area contributed by atoms with Gasteiger partial charge in [-0.25, -0.2) is 0 Å². The molecule has 1 nitrogen and oxygen atoms in total. The van der Waals surface area contributed by atoms with Crippen molar-refractivity contribution < 1.29 is 0 Å². The van der Waals surface area contributed by atoms with Crippen molar-refractivity contribution in [3.63, 3.8) is 0 Å². The lowest BCUT2D eigenvalue weighted by Gasteiger charge is -2.06. The van der Waals surface area contributed by atoms with Gasteiger partial charge in [-0.3, -0.25) is 0 Å². The van der Waals surface area contributed by atoms with Crippen LogP contribution in [-0.4, -0.2) is 0 Å². The van der Waals surface area contributed by atoms with E-state index in [4.69, 9.17) is 5.73 Å². The van der Waals surface area contributed by atoms with Gasteiger partial charge in [0.05, 0.1) is 0 Å². The molecule has 0 bridgehead atoms. The third-order valence-corrected chi connectivity index (χ3v) is 4.21. The minimum absolute atomic E-state index is 0.824. The van der Waals surface area contributed by atoms with Crippen LogP contribution in [0.5, 0.6) is 0 Å². The van der Waals surface area contributed by atoms with Crippen molar-refractivity contribution in [2.75, 3.05) is 5.73 Å².